The maximum Gasteiger partial charge on any atom is 0.262 e. The van der Waals surface area contributed by atoms with Gasteiger partial charge in [-0.1, -0.05) is 83.1 Å². The summed E-state index contributed by atoms with van der Waals surface area (Å²) < 4.78 is 1.22. The number of rotatable bonds is 15. The van der Waals surface area contributed by atoms with Crippen molar-refractivity contribution in [3.8, 4) is 31.3 Å². The summed E-state index contributed by atoms with van der Waals surface area (Å²) >= 11 is 3.69. The average molecular weight is 1380 g/mol. The molecule has 7 aromatic carbocycles. The van der Waals surface area contributed by atoms with E-state index < -0.39 is 70.9 Å². The molecule has 0 N–H and O–H groups in total. The summed E-state index contributed by atoms with van der Waals surface area (Å²) in [6.07, 6.45) is 0. The molecule has 0 atom stereocenters. The van der Waals surface area contributed by atoms with Crippen LogP contribution in [0.25, 0.3) is 93.9 Å². The van der Waals surface area contributed by atoms with Crippen LogP contribution in [0.5, 0.6) is 0 Å². The van der Waals surface area contributed by atoms with Gasteiger partial charge in [0.05, 0.1) is 33.4 Å². The lowest BCUT2D eigenvalue weighted by molar-refractivity contribution is 0.0573. The van der Waals surface area contributed by atoms with Crippen molar-refractivity contribution in [2.75, 3.05) is 39.3 Å². The van der Waals surface area contributed by atoms with Crippen LogP contribution >= 0.6 is 34.0 Å². The zero-order valence-electron chi connectivity index (χ0n) is 56.4. The molecular formula is C78H66N6O12S3. The predicted octanol–water partition coefficient (Wildman–Crippen LogP) is 15.3. The van der Waals surface area contributed by atoms with Gasteiger partial charge in [-0.2, -0.15) is 0 Å². The van der Waals surface area contributed by atoms with Gasteiger partial charge < -0.3 is 0 Å². The molecule has 12 amide bonds. The summed E-state index contributed by atoms with van der Waals surface area (Å²) in [5, 5.41) is 2.50. The minimum absolute atomic E-state index is 0.0875. The van der Waals surface area contributed by atoms with Gasteiger partial charge in [0.2, 0.25) is 0 Å². The molecule has 3 aromatic heterocycles. The second kappa shape index (κ2) is 22.3. The topological polar surface area (TPSA) is 224 Å². The van der Waals surface area contributed by atoms with E-state index in [1.807, 2.05) is 119 Å². The molecule has 18 nitrogen and oxygen atoms in total. The van der Waals surface area contributed by atoms with Crippen molar-refractivity contribution in [3.63, 3.8) is 0 Å². The van der Waals surface area contributed by atoms with Crippen LogP contribution in [0.1, 0.15) is 207 Å². The minimum Gasteiger partial charge on any atom is -0.274 e. The second-order valence-electron chi connectivity index (χ2n) is 29.5. The smallest absolute Gasteiger partial charge is 0.262 e. The molecule has 6 aliphatic heterocycles. The highest BCUT2D eigenvalue weighted by Gasteiger charge is 2.47. The van der Waals surface area contributed by atoms with Gasteiger partial charge in [0.1, 0.15) is 0 Å². The Kier molecular flexibility index (Phi) is 14.3. The van der Waals surface area contributed by atoms with E-state index in [2.05, 4.69) is 0 Å². The SMILES string of the molecule is CC(C)CN1C(=O)c2ccc3c4c(c5sc(-c6cc(-c7cc8c9c%10c(ccc%11c%10c(c8s7)C(=O)N(CC(C)C)C%11=O)C(=O)N(CC(C)C)C9=O)cc(-c7cc8c9c%10c(ccc%11c%10c(c8s7)C(=O)N(CC(C)C)C%11=O)C(=O)N(CC(C)C)C9=O)c6)cc5c(c24)C1=O)C(=O)N(CC(C)C)C3=O. The highest BCUT2D eigenvalue weighted by molar-refractivity contribution is 7.24. The van der Waals surface area contributed by atoms with E-state index in [0.717, 1.165) is 0 Å². The molecule has 9 heterocycles. The Morgan fingerprint density at radius 1 is 0.242 bits per heavy atom. The van der Waals surface area contributed by atoms with Crippen LogP contribution in [-0.2, 0) is 0 Å². The molecule has 0 saturated heterocycles. The normalized spacial score (nSPS) is 16.2. The van der Waals surface area contributed by atoms with Crippen LogP contribution in [0.4, 0.5) is 0 Å². The molecule has 0 radical (unpaired) electrons. The Hall–Kier alpha value is -9.96. The highest BCUT2D eigenvalue weighted by atomic mass is 32.1. The fraction of sp³-hybridized carbons (Fsp3) is 0.308. The maximum atomic E-state index is 15.4. The third kappa shape index (κ3) is 9.00. The number of fused-ring (bicyclic) bond motifs is 9. The van der Waals surface area contributed by atoms with E-state index in [1.165, 1.54) is 63.4 Å². The molecule has 0 bridgehead atoms. The van der Waals surface area contributed by atoms with Crippen molar-refractivity contribution in [2.45, 2.75) is 83.1 Å². The molecule has 0 fully saturated rings. The monoisotopic (exact) mass is 1370 g/mol. The minimum atomic E-state index is -0.579. The summed E-state index contributed by atoms with van der Waals surface area (Å²) in [6.45, 7) is 23.4. The van der Waals surface area contributed by atoms with E-state index >= 15 is 28.8 Å². The van der Waals surface area contributed by atoms with Crippen LogP contribution in [0.3, 0.4) is 0 Å². The molecule has 0 saturated carbocycles. The first kappa shape index (κ1) is 63.8. The lowest BCUT2D eigenvalue weighted by Crippen LogP contribution is -2.45. The van der Waals surface area contributed by atoms with Gasteiger partial charge in [0, 0.05) is 150 Å². The van der Waals surface area contributed by atoms with Gasteiger partial charge >= 0.3 is 0 Å². The molecule has 0 unspecified atom stereocenters. The maximum absolute atomic E-state index is 15.4. The summed E-state index contributed by atoms with van der Waals surface area (Å²) in [5.41, 5.74) is 3.76. The Labute approximate surface area is 579 Å². The lowest BCUT2D eigenvalue weighted by atomic mass is 9.83. The van der Waals surface area contributed by atoms with Crippen molar-refractivity contribution in [1.82, 2.24) is 29.4 Å². The van der Waals surface area contributed by atoms with Crippen LogP contribution < -0.4 is 0 Å². The van der Waals surface area contributed by atoms with Gasteiger partial charge in [0.15, 0.2) is 0 Å². The van der Waals surface area contributed by atoms with Crippen molar-refractivity contribution in [1.29, 1.82) is 0 Å². The first-order chi connectivity index (χ1) is 47.1. The van der Waals surface area contributed by atoms with E-state index in [-0.39, 0.29) is 174 Å². The third-order valence-corrected chi connectivity index (χ3v) is 23.1. The number of nitrogens with zero attached hydrogens (tertiary/aromatic N) is 6. The predicted molar refractivity (Wildman–Crippen MR) is 383 cm³/mol. The standard InChI is InChI=1S/C78H66N6O12S3/c1-31(2)25-79-67(85)40-13-16-43-55-52(40)58(73(79)91)46-22-49(97-64(46)61(55)76(94)82(70(43)88)28-34(7)8)37-19-38(50-23-47-59-53-41(68(86)80(74(59)92)26-32(3)4)14-17-44-56(53)62(65(47)98-50)77(95)83(71(44)89)29-35(9)10)21-39(20-37)51-24-48-60-54-42(69(87)81(75(60)93)27-33(5)6)15-18-45-57(54)63(66(48)99-51)78(96)84(72(45)90)30-36(11)12/h13-24,31-36H,25-30H2,1-12H3. The molecule has 10 aromatic rings. The number of thiophene rings is 3. The van der Waals surface area contributed by atoms with E-state index in [4.69, 9.17) is 0 Å². The summed E-state index contributed by atoms with van der Waals surface area (Å²) in [6, 6.07) is 20.7. The van der Waals surface area contributed by atoms with Crippen molar-refractivity contribution < 1.29 is 57.5 Å². The number of hydrogen-bond donors (Lipinski definition) is 0. The van der Waals surface area contributed by atoms with Crippen LogP contribution in [-0.4, -0.2) is 140 Å². The summed E-state index contributed by atoms with van der Waals surface area (Å²) in [5.74, 6) is -7.49. The van der Waals surface area contributed by atoms with Crippen LogP contribution in [0, 0.1) is 35.5 Å². The third-order valence-electron chi connectivity index (χ3n) is 19.5. The Morgan fingerprint density at radius 2 is 0.414 bits per heavy atom. The Bertz CT molecular complexity index is 4760. The molecular weight excluding hydrogens is 1310 g/mol. The van der Waals surface area contributed by atoms with Crippen molar-refractivity contribution >= 4 is 167 Å². The van der Waals surface area contributed by atoms with Crippen molar-refractivity contribution in [2.24, 2.45) is 35.5 Å². The zero-order chi connectivity index (χ0) is 70.0. The van der Waals surface area contributed by atoms with Crippen LogP contribution in [0.15, 0.2) is 72.8 Å². The first-order valence-corrected chi connectivity index (χ1v) is 36.0. The summed E-state index contributed by atoms with van der Waals surface area (Å²) in [7, 11) is 0. The molecule has 16 rings (SSSR count). The summed E-state index contributed by atoms with van der Waals surface area (Å²) in [4.78, 5) is 189. The van der Waals surface area contributed by atoms with E-state index in [9.17, 15) is 28.8 Å². The highest BCUT2D eigenvalue weighted by Crippen LogP contribution is 2.54. The number of amides is 12. The fourth-order valence-electron chi connectivity index (χ4n) is 15.6. The second-order valence-corrected chi connectivity index (χ2v) is 32.7. The van der Waals surface area contributed by atoms with E-state index in [0.29, 0.717) is 61.6 Å². The van der Waals surface area contributed by atoms with Crippen molar-refractivity contribution in [3.05, 3.63) is 140 Å². The molecule has 99 heavy (non-hydrogen) atoms. The van der Waals surface area contributed by atoms with Gasteiger partial charge in [-0.25, -0.2) is 0 Å². The first-order valence-electron chi connectivity index (χ1n) is 33.6. The van der Waals surface area contributed by atoms with Crippen LogP contribution in [0.2, 0.25) is 0 Å². The van der Waals surface area contributed by atoms with Gasteiger partial charge in [0.25, 0.3) is 70.9 Å². The quantitative estimate of drug-likeness (QED) is 0.0874. The molecule has 498 valence electrons. The average Bonchev–Trinajstić information content (AvgIpc) is 1.70. The van der Waals surface area contributed by atoms with E-state index in [1.54, 1.807) is 36.4 Å². The number of carbonyl (C=O) groups excluding carboxylic acids is 12. The molecule has 0 aliphatic carbocycles. The number of benzene rings is 7. The van der Waals surface area contributed by atoms with Gasteiger partial charge in [-0.05, 0) is 125 Å². The molecule has 21 heteroatoms. The largest absolute Gasteiger partial charge is 0.274 e. The number of imide groups is 6. The van der Waals surface area contributed by atoms with Gasteiger partial charge in [-0.15, -0.1) is 34.0 Å². The fourth-order valence-corrected chi connectivity index (χ4v) is 19.2. The lowest BCUT2D eigenvalue weighted by Gasteiger charge is -2.33. The molecule has 6 aliphatic rings. The Balaban J connectivity index is 1.01. The van der Waals surface area contributed by atoms with Gasteiger partial charge in [-0.3, -0.25) is 86.9 Å². The molecule has 0 spiro atoms. The number of hydrogen-bond acceptors (Lipinski definition) is 15. The number of carbonyl (C=O) groups is 12. The zero-order valence-corrected chi connectivity index (χ0v) is 58.9. The Morgan fingerprint density at radius 3 is 0.596 bits per heavy atom.